The Hall–Kier alpha value is -5.01. The zero-order chi connectivity index (χ0) is 32.1. The van der Waals surface area contributed by atoms with Gasteiger partial charge in [-0.2, -0.15) is 10.4 Å². The molecule has 2 heterocycles. The van der Waals surface area contributed by atoms with Crippen LogP contribution in [0.4, 0.5) is 5.00 Å². The highest BCUT2D eigenvalue weighted by atomic mass is 32.1. The van der Waals surface area contributed by atoms with Crippen molar-refractivity contribution in [1.82, 2.24) is 9.78 Å². The third-order valence-electron chi connectivity index (χ3n) is 7.41. The van der Waals surface area contributed by atoms with Gasteiger partial charge in [0.1, 0.15) is 16.8 Å². The van der Waals surface area contributed by atoms with Crippen molar-refractivity contribution in [2.24, 2.45) is 0 Å². The summed E-state index contributed by atoms with van der Waals surface area (Å²) in [5.41, 5.74) is 2.64. The summed E-state index contributed by atoms with van der Waals surface area (Å²) in [6.07, 6.45) is 7.49. The number of benzene rings is 2. The van der Waals surface area contributed by atoms with Crippen LogP contribution in [0, 0.1) is 11.3 Å². The van der Waals surface area contributed by atoms with E-state index in [1.54, 1.807) is 24.3 Å². The molecule has 0 spiro atoms. The molecule has 9 nitrogen and oxygen atoms in total. The minimum absolute atomic E-state index is 0.0338. The summed E-state index contributed by atoms with van der Waals surface area (Å²) in [6.45, 7) is 8.46. The molecule has 1 aliphatic carbocycles. The summed E-state index contributed by atoms with van der Waals surface area (Å²) in [7, 11) is 0. The molecule has 5 rings (SSSR count). The second-order valence-electron chi connectivity index (χ2n) is 11.3. The number of fused-ring (bicyclic) bond motifs is 2. The maximum absolute atomic E-state index is 13.0. The zero-order valence-electron chi connectivity index (χ0n) is 25.7. The molecule has 1 N–H and O–H groups in total. The van der Waals surface area contributed by atoms with Gasteiger partial charge in [-0.15, -0.1) is 11.3 Å². The first-order valence-electron chi connectivity index (χ1n) is 14.8. The second-order valence-corrected chi connectivity index (χ2v) is 12.3. The van der Waals surface area contributed by atoms with Gasteiger partial charge in [0.2, 0.25) is 0 Å². The molecule has 10 heteroatoms. The topological polar surface area (TPSA) is 123 Å². The first-order chi connectivity index (χ1) is 21.6. The van der Waals surface area contributed by atoms with E-state index in [4.69, 9.17) is 9.47 Å². The average Bonchev–Trinajstić information content (AvgIpc) is 3.38. The summed E-state index contributed by atoms with van der Waals surface area (Å²) in [5, 5.41) is 18.2. The van der Waals surface area contributed by atoms with Crippen molar-refractivity contribution in [2.45, 2.75) is 52.5 Å². The van der Waals surface area contributed by atoms with E-state index >= 15 is 0 Å². The van der Waals surface area contributed by atoms with E-state index in [1.807, 2.05) is 50.3 Å². The standard InChI is InChI=1S/C35H34N4O5S/c1-5-17-39-33(41)26-10-8-7-9-25(26)30(38-39)34(42)44-21-29(40)37-32-28(20-36)27-18-23(19-35(3,4)31(27)45-32)12-11-22-13-15-24(16-14-22)43-6-2/h7-16,18H,5-6,17,19,21H2,1-4H3,(H,37,40)/b12-11-. The highest BCUT2D eigenvalue weighted by molar-refractivity contribution is 7.17. The Morgan fingerprint density at radius 1 is 1.11 bits per heavy atom. The van der Waals surface area contributed by atoms with Crippen LogP contribution in [-0.2, 0) is 21.5 Å². The van der Waals surface area contributed by atoms with Crippen LogP contribution in [0.25, 0.3) is 22.9 Å². The lowest BCUT2D eigenvalue weighted by Gasteiger charge is -2.29. The number of rotatable bonds is 10. The number of anilines is 1. The Bertz CT molecular complexity index is 1930. The van der Waals surface area contributed by atoms with E-state index in [0.717, 1.165) is 33.7 Å². The number of ether oxygens (including phenoxy) is 2. The zero-order valence-corrected chi connectivity index (χ0v) is 26.5. The number of hydrogen-bond acceptors (Lipinski definition) is 8. The van der Waals surface area contributed by atoms with E-state index in [9.17, 15) is 19.6 Å². The van der Waals surface area contributed by atoms with Gasteiger partial charge in [0.25, 0.3) is 11.5 Å². The number of hydrogen-bond donors (Lipinski definition) is 1. The number of amides is 1. The Labute approximate surface area is 265 Å². The van der Waals surface area contributed by atoms with Gasteiger partial charge in [-0.25, -0.2) is 9.48 Å². The molecule has 2 aromatic heterocycles. The van der Waals surface area contributed by atoms with Crippen molar-refractivity contribution in [2.75, 3.05) is 18.5 Å². The maximum Gasteiger partial charge on any atom is 0.359 e. The maximum atomic E-state index is 13.0. The van der Waals surface area contributed by atoms with Crippen LogP contribution in [0.15, 0.2) is 65.0 Å². The molecule has 0 radical (unpaired) electrons. The molecule has 0 aliphatic heterocycles. The van der Waals surface area contributed by atoms with Crippen LogP contribution in [-0.4, -0.2) is 34.9 Å². The van der Waals surface area contributed by atoms with E-state index in [1.165, 1.54) is 16.0 Å². The van der Waals surface area contributed by atoms with Crippen molar-refractivity contribution in [3.63, 3.8) is 0 Å². The normalized spacial score (nSPS) is 13.6. The van der Waals surface area contributed by atoms with Crippen molar-refractivity contribution in [1.29, 1.82) is 5.26 Å². The molecular formula is C35H34N4O5S. The fraction of sp³-hybridized carbons (Fsp3) is 0.286. The lowest BCUT2D eigenvalue weighted by molar-refractivity contribution is -0.119. The van der Waals surface area contributed by atoms with E-state index in [2.05, 4.69) is 36.4 Å². The fourth-order valence-electron chi connectivity index (χ4n) is 5.37. The Morgan fingerprint density at radius 2 is 1.84 bits per heavy atom. The molecular weight excluding hydrogens is 588 g/mol. The van der Waals surface area contributed by atoms with E-state index in [-0.39, 0.29) is 16.7 Å². The molecule has 0 saturated heterocycles. The van der Waals surface area contributed by atoms with Crippen LogP contribution in [0.5, 0.6) is 5.75 Å². The van der Waals surface area contributed by atoms with Crippen molar-refractivity contribution in [3.05, 3.63) is 97.8 Å². The van der Waals surface area contributed by atoms with Gasteiger partial charge in [0, 0.05) is 27.8 Å². The number of aryl methyl sites for hydroxylation is 1. The summed E-state index contributed by atoms with van der Waals surface area (Å²) in [5.74, 6) is -0.575. The lowest BCUT2D eigenvalue weighted by atomic mass is 9.77. The molecule has 0 bridgehead atoms. The molecule has 0 fully saturated rings. The number of nitriles is 1. The van der Waals surface area contributed by atoms with E-state index in [0.29, 0.717) is 40.9 Å². The molecule has 0 unspecified atom stereocenters. The average molecular weight is 623 g/mol. The summed E-state index contributed by atoms with van der Waals surface area (Å²) < 4.78 is 12.1. The third-order valence-corrected chi connectivity index (χ3v) is 8.90. The molecule has 2 aromatic carbocycles. The van der Waals surface area contributed by atoms with Gasteiger partial charge in [0.15, 0.2) is 12.3 Å². The molecule has 1 aliphatic rings. The minimum Gasteiger partial charge on any atom is -0.494 e. The van der Waals surface area contributed by atoms with Crippen molar-refractivity contribution >= 4 is 51.1 Å². The number of nitrogens with one attached hydrogen (secondary N) is 1. The SMILES string of the molecule is CCCn1nc(C(=O)OCC(=O)Nc2sc3c(c2C#N)C=C(/C=C\c2ccc(OCC)cc2)CC3(C)C)c2ccccc2c1=O. The van der Waals surface area contributed by atoms with Crippen LogP contribution >= 0.6 is 11.3 Å². The number of allylic oxidation sites excluding steroid dienone is 2. The van der Waals surface area contributed by atoms with Crippen molar-refractivity contribution in [3.8, 4) is 11.8 Å². The first-order valence-corrected chi connectivity index (χ1v) is 15.6. The lowest BCUT2D eigenvalue weighted by Crippen LogP contribution is -2.27. The third kappa shape index (κ3) is 6.74. The smallest absolute Gasteiger partial charge is 0.359 e. The molecule has 0 saturated carbocycles. The van der Waals surface area contributed by atoms with Crippen LogP contribution in [0.1, 0.15) is 72.6 Å². The Kier molecular flexibility index (Phi) is 9.30. The Morgan fingerprint density at radius 3 is 2.53 bits per heavy atom. The quantitative estimate of drug-likeness (QED) is 0.195. The van der Waals surface area contributed by atoms with Crippen LogP contribution in [0.2, 0.25) is 0 Å². The highest BCUT2D eigenvalue weighted by Crippen LogP contribution is 2.47. The molecule has 45 heavy (non-hydrogen) atoms. The number of thiophene rings is 1. The summed E-state index contributed by atoms with van der Waals surface area (Å²) >= 11 is 1.36. The predicted molar refractivity (Wildman–Crippen MR) is 177 cm³/mol. The molecule has 230 valence electrons. The molecule has 0 atom stereocenters. The number of esters is 1. The van der Waals surface area contributed by atoms with E-state index < -0.39 is 18.5 Å². The number of carbonyl (C=O) groups excluding carboxylic acids is 2. The Balaban J connectivity index is 1.33. The number of aromatic nitrogens is 2. The van der Waals surface area contributed by atoms with Gasteiger partial charge >= 0.3 is 5.97 Å². The van der Waals surface area contributed by atoms with Gasteiger partial charge in [-0.3, -0.25) is 9.59 Å². The van der Waals surface area contributed by atoms with Crippen LogP contribution < -0.4 is 15.6 Å². The van der Waals surface area contributed by atoms with Crippen molar-refractivity contribution < 1.29 is 19.1 Å². The molecule has 1 amide bonds. The van der Waals surface area contributed by atoms with Gasteiger partial charge in [0.05, 0.1) is 17.6 Å². The predicted octanol–water partition coefficient (Wildman–Crippen LogP) is 6.71. The largest absolute Gasteiger partial charge is 0.494 e. The number of nitrogens with zero attached hydrogens (tertiary/aromatic N) is 3. The second kappa shape index (κ2) is 13.3. The number of carbonyl (C=O) groups is 2. The summed E-state index contributed by atoms with van der Waals surface area (Å²) in [6, 6.07) is 16.8. The van der Waals surface area contributed by atoms with Crippen LogP contribution in [0.3, 0.4) is 0 Å². The fourth-order valence-corrected chi connectivity index (χ4v) is 6.62. The highest BCUT2D eigenvalue weighted by Gasteiger charge is 2.33. The van der Waals surface area contributed by atoms with Gasteiger partial charge < -0.3 is 14.8 Å². The molecule has 4 aromatic rings. The minimum atomic E-state index is -0.815. The monoisotopic (exact) mass is 622 g/mol. The first kappa shape index (κ1) is 31.4. The van der Waals surface area contributed by atoms with Gasteiger partial charge in [-0.1, -0.05) is 63.3 Å². The summed E-state index contributed by atoms with van der Waals surface area (Å²) in [4.78, 5) is 39.8. The van der Waals surface area contributed by atoms with Gasteiger partial charge in [-0.05, 0) is 55.2 Å².